The lowest BCUT2D eigenvalue weighted by Gasteiger charge is -2.11. The van der Waals surface area contributed by atoms with Crippen molar-refractivity contribution in [1.82, 2.24) is 9.97 Å². The van der Waals surface area contributed by atoms with E-state index in [2.05, 4.69) is 32.8 Å². The minimum atomic E-state index is 0.541. The van der Waals surface area contributed by atoms with E-state index in [4.69, 9.17) is 28.6 Å². The molecule has 0 saturated carbocycles. The molecule has 20 heavy (non-hydrogen) atoms. The number of H-pyrrole nitrogens is 1. The molecule has 0 aliphatic carbocycles. The Labute approximate surface area is 136 Å². The van der Waals surface area contributed by atoms with Crippen molar-refractivity contribution in [3.63, 3.8) is 0 Å². The molecule has 0 spiro atoms. The molecule has 106 valence electrons. The fourth-order valence-corrected chi connectivity index (χ4v) is 2.68. The van der Waals surface area contributed by atoms with Crippen molar-refractivity contribution < 1.29 is 4.74 Å². The second-order valence-corrected chi connectivity index (χ2v) is 5.89. The zero-order chi connectivity index (χ0) is 14.7. The van der Waals surface area contributed by atoms with Crippen LogP contribution < -0.4 is 4.74 Å². The topological polar surface area (TPSA) is 37.9 Å². The predicted octanol–water partition coefficient (Wildman–Crippen LogP) is 5.18. The molecule has 1 heterocycles. The van der Waals surface area contributed by atoms with Gasteiger partial charge in [-0.15, -0.1) is 0 Å². The fourth-order valence-electron chi connectivity index (χ4n) is 1.92. The van der Waals surface area contributed by atoms with Gasteiger partial charge in [-0.3, -0.25) is 0 Å². The lowest BCUT2D eigenvalue weighted by molar-refractivity contribution is 0.416. The van der Waals surface area contributed by atoms with Gasteiger partial charge in [-0.05, 0) is 40.5 Å². The van der Waals surface area contributed by atoms with Crippen LogP contribution >= 0.6 is 39.7 Å². The first-order valence-electron chi connectivity index (χ1n) is 6.19. The summed E-state index contributed by atoms with van der Waals surface area (Å²) in [6.07, 6.45) is 1.92. The number of methoxy groups -OCH3 is 1. The van der Waals surface area contributed by atoms with Gasteiger partial charge in [-0.2, -0.15) is 0 Å². The molecule has 0 unspecified atom stereocenters. The highest BCUT2D eigenvalue weighted by atomic mass is 79.9. The van der Waals surface area contributed by atoms with Gasteiger partial charge < -0.3 is 9.72 Å². The number of halogens is 2. The Morgan fingerprint density at radius 3 is 2.85 bits per heavy atom. The van der Waals surface area contributed by atoms with Crippen molar-refractivity contribution in [1.29, 1.82) is 0 Å². The number of rotatable bonds is 4. The normalized spacial score (nSPS) is 10.6. The lowest BCUT2D eigenvalue weighted by atomic mass is 10.1. The number of aromatic amines is 1. The molecular weight excluding hydrogens is 360 g/mol. The number of nitrogens with one attached hydrogen (secondary N) is 1. The standard InChI is InChI=1S/C14H14BrClN2OS/c1-3-4-10-12(15)14(20)18-13(17-10)9-6-5-8(16)7-11(9)19-2/h5-7H,3-4H2,1-2H3,(H,17,18,20). The highest BCUT2D eigenvalue weighted by molar-refractivity contribution is 9.10. The molecule has 0 fully saturated rings. The molecule has 0 aliphatic rings. The molecule has 6 heteroatoms. The number of ether oxygens (including phenoxy) is 1. The van der Waals surface area contributed by atoms with E-state index in [-0.39, 0.29) is 0 Å². The third-order valence-electron chi connectivity index (χ3n) is 2.85. The Morgan fingerprint density at radius 1 is 1.45 bits per heavy atom. The fraction of sp³-hybridized carbons (Fsp3) is 0.286. The van der Waals surface area contributed by atoms with Crippen LogP contribution in [0.2, 0.25) is 5.02 Å². The Balaban J connectivity index is 2.61. The van der Waals surface area contributed by atoms with Crippen LogP contribution in [0.25, 0.3) is 11.4 Å². The number of hydrogen-bond acceptors (Lipinski definition) is 3. The van der Waals surface area contributed by atoms with E-state index in [0.717, 1.165) is 28.6 Å². The average Bonchev–Trinajstić information content (AvgIpc) is 2.43. The number of nitrogens with zero attached hydrogens (tertiary/aromatic N) is 1. The Kier molecular flexibility index (Phi) is 5.18. The van der Waals surface area contributed by atoms with Crippen LogP contribution in [0.1, 0.15) is 19.0 Å². The molecule has 0 bridgehead atoms. The van der Waals surface area contributed by atoms with Crippen molar-refractivity contribution in [2.75, 3.05) is 7.11 Å². The number of benzene rings is 1. The SMILES string of the molecule is CCCc1[nH]c(-c2ccc(Cl)cc2OC)nc(=S)c1Br. The van der Waals surface area contributed by atoms with Gasteiger partial charge in [0, 0.05) is 10.7 Å². The van der Waals surface area contributed by atoms with E-state index in [0.29, 0.717) is 21.2 Å². The molecule has 1 N–H and O–H groups in total. The number of aryl methyl sites for hydroxylation is 1. The molecule has 2 aromatic rings. The molecule has 0 amide bonds. The summed E-state index contributed by atoms with van der Waals surface area (Å²) in [5.41, 5.74) is 1.88. The zero-order valence-corrected chi connectivity index (χ0v) is 14.3. The minimum absolute atomic E-state index is 0.541. The highest BCUT2D eigenvalue weighted by Crippen LogP contribution is 2.31. The number of aromatic nitrogens is 2. The summed E-state index contributed by atoms with van der Waals surface area (Å²) < 4.78 is 6.75. The van der Waals surface area contributed by atoms with Crippen molar-refractivity contribution in [3.05, 3.63) is 38.0 Å². The Bertz CT molecular complexity index is 687. The monoisotopic (exact) mass is 372 g/mol. The summed E-state index contributed by atoms with van der Waals surface area (Å²) in [7, 11) is 1.61. The Morgan fingerprint density at radius 2 is 2.20 bits per heavy atom. The molecule has 0 radical (unpaired) electrons. The lowest BCUT2D eigenvalue weighted by Crippen LogP contribution is -1.99. The third-order valence-corrected chi connectivity index (χ3v) is 4.50. The first-order valence-corrected chi connectivity index (χ1v) is 7.77. The van der Waals surface area contributed by atoms with E-state index >= 15 is 0 Å². The van der Waals surface area contributed by atoms with Gasteiger partial charge >= 0.3 is 0 Å². The largest absolute Gasteiger partial charge is 0.496 e. The van der Waals surface area contributed by atoms with Crippen LogP contribution in [0.5, 0.6) is 5.75 Å². The van der Waals surface area contributed by atoms with E-state index in [1.165, 1.54) is 0 Å². The molecule has 0 atom stereocenters. The minimum Gasteiger partial charge on any atom is -0.496 e. The molecule has 1 aromatic heterocycles. The molecular formula is C14H14BrClN2OS. The predicted molar refractivity (Wildman–Crippen MR) is 88.1 cm³/mol. The Hall–Kier alpha value is -0.910. The molecule has 0 saturated heterocycles. The summed E-state index contributed by atoms with van der Waals surface area (Å²) in [6.45, 7) is 2.12. The van der Waals surface area contributed by atoms with E-state index < -0.39 is 0 Å². The van der Waals surface area contributed by atoms with Gasteiger partial charge in [-0.25, -0.2) is 4.98 Å². The first kappa shape index (κ1) is 15.5. The zero-order valence-electron chi connectivity index (χ0n) is 11.2. The van der Waals surface area contributed by atoms with Crippen LogP contribution in [0.3, 0.4) is 0 Å². The summed E-state index contributed by atoms with van der Waals surface area (Å²) in [4.78, 5) is 7.73. The quantitative estimate of drug-likeness (QED) is 0.750. The van der Waals surface area contributed by atoms with Crippen molar-refractivity contribution in [3.8, 4) is 17.1 Å². The van der Waals surface area contributed by atoms with Crippen LogP contribution in [-0.4, -0.2) is 17.1 Å². The maximum absolute atomic E-state index is 5.98. The average molecular weight is 374 g/mol. The molecule has 2 rings (SSSR count). The summed E-state index contributed by atoms with van der Waals surface area (Å²) in [5.74, 6) is 1.36. The van der Waals surface area contributed by atoms with Gasteiger partial charge in [0.25, 0.3) is 0 Å². The molecule has 1 aromatic carbocycles. The van der Waals surface area contributed by atoms with Crippen LogP contribution in [0.15, 0.2) is 22.7 Å². The first-order chi connectivity index (χ1) is 9.56. The number of hydrogen-bond donors (Lipinski definition) is 1. The second kappa shape index (κ2) is 6.70. The van der Waals surface area contributed by atoms with E-state index in [9.17, 15) is 0 Å². The van der Waals surface area contributed by atoms with Gasteiger partial charge in [-0.1, -0.05) is 37.2 Å². The summed E-state index contributed by atoms with van der Waals surface area (Å²) >= 11 is 14.8. The van der Waals surface area contributed by atoms with Gasteiger partial charge in [0.2, 0.25) is 0 Å². The summed E-state index contributed by atoms with van der Waals surface area (Å²) in [6, 6.07) is 5.44. The maximum atomic E-state index is 5.98. The van der Waals surface area contributed by atoms with E-state index in [1.807, 2.05) is 6.07 Å². The molecule has 3 nitrogen and oxygen atoms in total. The van der Waals surface area contributed by atoms with Crippen molar-refractivity contribution in [2.45, 2.75) is 19.8 Å². The van der Waals surface area contributed by atoms with Crippen molar-refractivity contribution in [2.24, 2.45) is 0 Å². The van der Waals surface area contributed by atoms with Gasteiger partial charge in [0.15, 0.2) is 0 Å². The van der Waals surface area contributed by atoms with Crippen LogP contribution in [0.4, 0.5) is 0 Å². The maximum Gasteiger partial charge on any atom is 0.144 e. The van der Waals surface area contributed by atoms with Crippen LogP contribution in [-0.2, 0) is 6.42 Å². The third kappa shape index (κ3) is 3.22. The molecule has 0 aliphatic heterocycles. The second-order valence-electron chi connectivity index (χ2n) is 4.28. The summed E-state index contributed by atoms with van der Waals surface area (Å²) in [5, 5.41) is 0.620. The highest BCUT2D eigenvalue weighted by Gasteiger charge is 2.12. The van der Waals surface area contributed by atoms with Gasteiger partial charge in [0.1, 0.15) is 16.2 Å². The van der Waals surface area contributed by atoms with E-state index in [1.54, 1.807) is 19.2 Å². The smallest absolute Gasteiger partial charge is 0.144 e. The van der Waals surface area contributed by atoms with Crippen LogP contribution in [0, 0.1) is 4.64 Å². The van der Waals surface area contributed by atoms with Gasteiger partial charge in [0.05, 0.1) is 17.1 Å². The van der Waals surface area contributed by atoms with Crippen molar-refractivity contribution >= 4 is 39.7 Å².